The van der Waals surface area contributed by atoms with Crippen LogP contribution in [0.3, 0.4) is 0 Å². The highest BCUT2D eigenvalue weighted by Gasteiger charge is 2.26. The summed E-state index contributed by atoms with van der Waals surface area (Å²) < 4.78 is 113. The lowest BCUT2D eigenvalue weighted by atomic mass is 9.94. The number of nitrogen functional groups attached to an aromatic ring is 1. The Morgan fingerprint density at radius 2 is 1.16 bits per heavy atom. The van der Waals surface area contributed by atoms with Crippen molar-refractivity contribution in [1.29, 1.82) is 0 Å². The SMILES string of the molecule is CC(C)c1cc(F)cc(-c2cncc(F)c2)c1N.CC(C)c1cc(F)cc(-c2cncc(F)c2)c1NC(=O)NS(=O)(=O)c1ccn(C(C)C)n1.CC(C)n1ccc(S(=O)(=O)N=C([O-])[n+]2ccc(N(C)C)cc2)n1. The number of carbonyl (C=O) groups excluding carboxylic acids is 1. The Labute approximate surface area is 421 Å². The number of nitrogens with zero attached hydrogens (tertiary/aromatic N) is 9. The topological polar surface area (TPSA) is 239 Å². The molecule has 0 aliphatic heterocycles. The third kappa shape index (κ3) is 14.7. The van der Waals surface area contributed by atoms with Crippen LogP contribution in [0.4, 0.5) is 39.4 Å². The van der Waals surface area contributed by atoms with Crippen LogP contribution in [-0.4, -0.2) is 72.5 Å². The Balaban J connectivity index is 0.000000212. The highest BCUT2D eigenvalue weighted by molar-refractivity contribution is 7.90. The lowest BCUT2D eigenvalue weighted by Crippen LogP contribution is -2.51. The third-order valence-electron chi connectivity index (χ3n) is 10.6. The van der Waals surface area contributed by atoms with Crippen molar-refractivity contribution in [2.45, 2.75) is 89.4 Å². The highest BCUT2D eigenvalue weighted by atomic mass is 32.2. The van der Waals surface area contributed by atoms with E-state index in [4.69, 9.17) is 5.73 Å². The van der Waals surface area contributed by atoms with Crippen LogP contribution in [0.2, 0.25) is 0 Å². The average molecular weight is 1050 g/mol. The molecule has 0 atom stereocenters. The van der Waals surface area contributed by atoms with E-state index in [2.05, 4.69) is 29.9 Å². The summed E-state index contributed by atoms with van der Waals surface area (Å²) >= 11 is 0. The summed E-state index contributed by atoms with van der Waals surface area (Å²) in [5.41, 5.74) is 9.98. The monoisotopic (exact) mass is 1050 g/mol. The van der Waals surface area contributed by atoms with Gasteiger partial charge < -0.3 is 21.1 Å². The fourth-order valence-electron chi connectivity index (χ4n) is 6.78. The highest BCUT2D eigenvalue weighted by Crippen LogP contribution is 2.37. The minimum Gasteiger partial charge on any atom is -0.806 e. The zero-order valence-electron chi connectivity index (χ0n) is 41.6. The van der Waals surface area contributed by atoms with Crippen LogP contribution in [-0.2, 0) is 20.0 Å². The molecule has 0 saturated heterocycles. The second-order valence-electron chi connectivity index (χ2n) is 17.7. The Morgan fingerprint density at radius 1 is 0.685 bits per heavy atom. The van der Waals surface area contributed by atoms with Crippen molar-refractivity contribution in [3.05, 3.63) is 145 Å². The smallest absolute Gasteiger partial charge is 0.388 e. The summed E-state index contributed by atoms with van der Waals surface area (Å²) in [5.74, 6) is -2.22. The summed E-state index contributed by atoms with van der Waals surface area (Å²) in [6.45, 7) is 14.8. The first-order valence-electron chi connectivity index (χ1n) is 22.5. The summed E-state index contributed by atoms with van der Waals surface area (Å²) in [5, 5.41) is 21.8. The Hall–Kier alpha value is -7.73. The number of hydrogen-bond donors (Lipinski definition) is 3. The number of pyridine rings is 3. The number of urea groups is 1. The van der Waals surface area contributed by atoms with Crippen molar-refractivity contribution in [3.63, 3.8) is 0 Å². The summed E-state index contributed by atoms with van der Waals surface area (Å²) in [4.78, 5) is 22.0. The predicted molar refractivity (Wildman–Crippen MR) is 267 cm³/mol. The first kappa shape index (κ1) is 56.2. The molecule has 0 fully saturated rings. The minimum absolute atomic E-state index is 0.0163. The first-order chi connectivity index (χ1) is 34.2. The van der Waals surface area contributed by atoms with Gasteiger partial charge in [0.2, 0.25) is 5.03 Å². The number of nitrogens with one attached hydrogen (secondary N) is 2. The van der Waals surface area contributed by atoms with Crippen LogP contribution in [0.5, 0.6) is 0 Å². The van der Waals surface area contributed by atoms with Crippen LogP contribution >= 0.6 is 0 Å². The molecule has 388 valence electrons. The molecule has 73 heavy (non-hydrogen) atoms. The predicted octanol–water partition coefficient (Wildman–Crippen LogP) is 7.94. The van der Waals surface area contributed by atoms with Gasteiger partial charge >= 0.3 is 16.1 Å². The van der Waals surface area contributed by atoms with Gasteiger partial charge in [-0.05, 0) is 99.2 Å². The van der Waals surface area contributed by atoms with E-state index in [1.807, 2.05) is 65.3 Å². The molecule has 5 heterocycles. The maximum Gasteiger partial charge on any atom is 0.388 e. The molecule has 24 heteroatoms. The van der Waals surface area contributed by atoms with Gasteiger partial charge in [0.25, 0.3) is 16.0 Å². The molecule has 0 aliphatic carbocycles. The molecule has 7 rings (SSSR count). The molecule has 7 aromatic rings. The van der Waals surface area contributed by atoms with E-state index in [0.29, 0.717) is 27.9 Å². The van der Waals surface area contributed by atoms with Crippen LogP contribution in [0, 0.1) is 23.3 Å². The molecule has 0 aliphatic rings. The number of carbonyl (C=O) groups is 1. The lowest BCUT2D eigenvalue weighted by molar-refractivity contribution is -0.613. The minimum atomic E-state index is -4.26. The van der Waals surface area contributed by atoms with E-state index in [-0.39, 0.29) is 56.6 Å². The fraction of sp³-hybridized carbons (Fsp3) is 0.286. The fourth-order valence-corrected chi connectivity index (χ4v) is 8.44. The number of nitrogens with two attached hydrogens (primary N) is 1. The van der Waals surface area contributed by atoms with Gasteiger partial charge in [-0.25, -0.2) is 31.6 Å². The van der Waals surface area contributed by atoms with Crippen LogP contribution < -0.4 is 30.3 Å². The Morgan fingerprint density at radius 3 is 1.64 bits per heavy atom. The van der Waals surface area contributed by atoms with E-state index >= 15 is 0 Å². The molecular weight excluding hydrogens is 993 g/mol. The van der Waals surface area contributed by atoms with Gasteiger partial charge in [-0.3, -0.25) is 19.3 Å². The van der Waals surface area contributed by atoms with Gasteiger partial charge in [0.15, 0.2) is 5.03 Å². The van der Waals surface area contributed by atoms with Crippen molar-refractivity contribution in [1.82, 2.24) is 34.3 Å². The number of benzene rings is 2. The quantitative estimate of drug-likeness (QED) is 0.0348. The lowest BCUT2D eigenvalue weighted by Gasteiger charge is -2.19. The second kappa shape index (κ2) is 23.7. The Bertz CT molecular complexity index is 3330. The van der Waals surface area contributed by atoms with Crippen molar-refractivity contribution in [2.75, 3.05) is 30.0 Å². The van der Waals surface area contributed by atoms with Crippen LogP contribution in [0.1, 0.15) is 90.4 Å². The molecule has 18 nitrogen and oxygen atoms in total. The van der Waals surface area contributed by atoms with E-state index in [9.17, 15) is 44.3 Å². The van der Waals surface area contributed by atoms with Gasteiger partial charge in [-0.2, -0.15) is 27.0 Å². The van der Waals surface area contributed by atoms with Gasteiger partial charge in [0.1, 0.15) is 23.3 Å². The average Bonchev–Trinajstić information content (AvgIpc) is 4.04. The summed E-state index contributed by atoms with van der Waals surface area (Å²) in [6, 6.07) is 11.5. The molecule has 2 amide bonds. The molecule has 0 unspecified atom stereocenters. The first-order valence-corrected chi connectivity index (χ1v) is 25.4. The third-order valence-corrected chi connectivity index (χ3v) is 12.9. The second-order valence-corrected chi connectivity index (χ2v) is 20.9. The van der Waals surface area contributed by atoms with Gasteiger partial charge in [-0.1, -0.05) is 27.7 Å². The van der Waals surface area contributed by atoms with Crippen molar-refractivity contribution in [2.24, 2.45) is 4.40 Å². The van der Waals surface area contributed by atoms with Crippen molar-refractivity contribution in [3.8, 4) is 22.3 Å². The number of sulfonamides is 2. The maximum atomic E-state index is 14.3. The molecule has 0 bridgehead atoms. The molecule has 5 aromatic heterocycles. The van der Waals surface area contributed by atoms with Crippen molar-refractivity contribution < 1.29 is 48.9 Å². The normalized spacial score (nSPS) is 11.8. The van der Waals surface area contributed by atoms with Gasteiger partial charge in [0.05, 0.1) is 30.5 Å². The summed E-state index contributed by atoms with van der Waals surface area (Å²) in [6.07, 6.45) is 10.8. The maximum absolute atomic E-state index is 14.3. The number of halogens is 4. The van der Waals surface area contributed by atoms with Gasteiger partial charge in [0, 0.05) is 101 Å². The molecule has 0 spiro atoms. The van der Waals surface area contributed by atoms with Gasteiger partial charge in [-0.15, -0.1) is 0 Å². The molecule has 0 saturated carbocycles. The number of amides is 2. The molecule has 0 radical (unpaired) electrons. The zero-order chi connectivity index (χ0) is 54.1. The van der Waals surface area contributed by atoms with E-state index in [1.54, 1.807) is 26.0 Å². The standard InChI is InChI=1S/C21H23F2N5O3S.C14H14F2N2.C14H19N5O3S/c1-12(2)17-8-15(22)9-18(14-7-16(23)11-24-10-14)20(17)25-21(29)27-32(30,31)19-5-6-28(26-19)13(3)4;1-8(2)12-4-10(15)5-13(14(12)17)9-3-11(16)7-18-6-9;1-11(2)19-10-7-13(15-19)23(21,22)16-14(20)18-8-5-12(6-9-18)17(3)4/h5-13H,1-4H3,(H2,25,27,29);3-8H,17H2,1-2H3;5-11H,1-4H3. The zero-order valence-corrected chi connectivity index (χ0v) is 43.2. The van der Waals surface area contributed by atoms with Crippen LogP contribution in [0.25, 0.3) is 22.3 Å². The molecule has 2 aromatic carbocycles. The molecular formula is C49H56F4N12O6S2. The Kier molecular flexibility index (Phi) is 18.2. The number of rotatable bonds is 12. The van der Waals surface area contributed by atoms with E-state index in [0.717, 1.165) is 34.8 Å². The summed E-state index contributed by atoms with van der Waals surface area (Å²) in [7, 11) is -4.67. The molecule has 4 N–H and O–H groups in total. The van der Waals surface area contributed by atoms with Crippen molar-refractivity contribution >= 4 is 49.2 Å². The van der Waals surface area contributed by atoms with E-state index < -0.39 is 49.6 Å². The number of hydrogen-bond acceptors (Lipinski definition) is 12. The van der Waals surface area contributed by atoms with Crippen LogP contribution in [0.15, 0.2) is 125 Å². The number of anilines is 3. The largest absolute Gasteiger partial charge is 0.806 e. The number of aromatic nitrogens is 7. The van der Waals surface area contributed by atoms with E-state index in [1.165, 1.54) is 82.9 Å².